The van der Waals surface area contributed by atoms with Gasteiger partial charge < -0.3 is 9.84 Å². The number of hydrogen-bond acceptors (Lipinski definition) is 5. The summed E-state index contributed by atoms with van der Waals surface area (Å²) < 4.78 is 29.4. The molecule has 16 heavy (non-hydrogen) atoms. The fraction of sp³-hybridized carbons (Fsp3) is 0.889. The van der Waals surface area contributed by atoms with Crippen LogP contribution in [0.4, 0.5) is 0 Å². The lowest BCUT2D eigenvalue weighted by Crippen LogP contribution is -2.29. The van der Waals surface area contributed by atoms with E-state index < -0.39 is 22.1 Å². The number of aliphatic hydroxyl groups is 1. The summed E-state index contributed by atoms with van der Waals surface area (Å²) >= 11 is 0. The zero-order valence-corrected chi connectivity index (χ0v) is 10.4. The van der Waals surface area contributed by atoms with Crippen LogP contribution in [0.3, 0.4) is 0 Å². The van der Waals surface area contributed by atoms with Gasteiger partial charge in [0, 0.05) is 13.0 Å². The Labute approximate surface area is 96.0 Å². The average Bonchev–Trinajstić information content (AvgIpc) is 2.16. The quantitative estimate of drug-likeness (QED) is 0.576. The second-order valence-corrected chi connectivity index (χ2v) is 5.46. The monoisotopic (exact) mass is 253 g/mol. The molecule has 0 aliphatic carbocycles. The molecule has 0 saturated heterocycles. The third-order valence-electron chi connectivity index (χ3n) is 1.91. The zero-order valence-electron chi connectivity index (χ0n) is 9.60. The molecule has 7 heteroatoms. The van der Waals surface area contributed by atoms with Gasteiger partial charge in [-0.05, 0) is 19.8 Å². The third kappa shape index (κ3) is 8.63. The molecule has 0 aromatic heterocycles. The number of aliphatic hydroxyl groups excluding tert-OH is 1. The molecule has 0 bridgehead atoms. The largest absolute Gasteiger partial charge is 0.469 e. The lowest BCUT2D eigenvalue weighted by atomic mass is 10.3. The van der Waals surface area contributed by atoms with E-state index in [1.165, 1.54) is 7.11 Å². The molecule has 0 saturated carbocycles. The number of carbonyl (C=O) groups excluding carboxylic acids is 1. The summed E-state index contributed by atoms with van der Waals surface area (Å²) in [5.74, 6) is -0.527. The highest BCUT2D eigenvalue weighted by molar-refractivity contribution is 7.89. The fourth-order valence-electron chi connectivity index (χ4n) is 1.00. The van der Waals surface area contributed by atoms with Gasteiger partial charge in [0.05, 0.1) is 19.0 Å². The number of carbonyl (C=O) groups is 1. The summed E-state index contributed by atoms with van der Waals surface area (Å²) in [6.45, 7) is 1.80. The molecule has 0 aliphatic heterocycles. The molecule has 0 heterocycles. The lowest BCUT2D eigenvalue weighted by Gasteiger charge is -2.07. The van der Waals surface area contributed by atoms with Gasteiger partial charge in [0.15, 0.2) is 0 Å². The number of esters is 1. The normalized spacial score (nSPS) is 13.4. The summed E-state index contributed by atoms with van der Waals surface area (Å²) in [5.41, 5.74) is 0. The topological polar surface area (TPSA) is 92.7 Å². The van der Waals surface area contributed by atoms with Crippen LogP contribution in [0.5, 0.6) is 0 Å². The predicted octanol–water partition coefficient (Wildman–Crippen LogP) is -0.370. The van der Waals surface area contributed by atoms with Gasteiger partial charge in [0.2, 0.25) is 10.0 Å². The second-order valence-electron chi connectivity index (χ2n) is 3.53. The molecule has 0 fully saturated rings. The van der Waals surface area contributed by atoms with E-state index in [1.54, 1.807) is 6.92 Å². The van der Waals surface area contributed by atoms with E-state index >= 15 is 0 Å². The number of sulfonamides is 1. The first kappa shape index (κ1) is 15.3. The van der Waals surface area contributed by atoms with Crippen LogP contribution in [-0.4, -0.2) is 45.0 Å². The van der Waals surface area contributed by atoms with Crippen LogP contribution in [0.2, 0.25) is 0 Å². The SMILES string of the molecule is COC(=O)CCCS(=O)(=O)NCCC(C)O. The standard InChI is InChI=1S/C9H19NO5S/c1-8(11)5-6-10-16(13,14)7-3-4-9(12)15-2/h8,10-11H,3-7H2,1-2H3. The van der Waals surface area contributed by atoms with Crippen molar-refractivity contribution < 1.29 is 23.1 Å². The molecular formula is C9H19NO5S. The number of ether oxygens (including phenoxy) is 1. The Morgan fingerprint density at radius 3 is 2.62 bits per heavy atom. The molecular weight excluding hydrogens is 234 g/mol. The van der Waals surface area contributed by atoms with Gasteiger partial charge in [-0.3, -0.25) is 4.79 Å². The maximum atomic E-state index is 11.3. The summed E-state index contributed by atoms with van der Waals surface area (Å²) in [5, 5.41) is 8.93. The first-order valence-corrected chi connectivity index (χ1v) is 6.75. The Bertz CT molecular complexity index is 299. The number of hydrogen-bond donors (Lipinski definition) is 2. The maximum absolute atomic E-state index is 11.3. The van der Waals surface area contributed by atoms with Crippen LogP contribution < -0.4 is 4.72 Å². The summed E-state index contributed by atoms with van der Waals surface area (Å²) in [6.07, 6.45) is 0.165. The molecule has 0 radical (unpaired) electrons. The highest BCUT2D eigenvalue weighted by Gasteiger charge is 2.11. The van der Waals surface area contributed by atoms with Crippen molar-refractivity contribution in [1.82, 2.24) is 4.72 Å². The molecule has 1 atom stereocenters. The van der Waals surface area contributed by atoms with Crippen LogP contribution in [0, 0.1) is 0 Å². The highest BCUT2D eigenvalue weighted by Crippen LogP contribution is 1.97. The van der Waals surface area contributed by atoms with Crippen LogP contribution in [0.15, 0.2) is 0 Å². The van der Waals surface area contributed by atoms with Gasteiger partial charge in [-0.2, -0.15) is 0 Å². The van der Waals surface area contributed by atoms with Crippen molar-refractivity contribution in [3.8, 4) is 0 Å². The minimum Gasteiger partial charge on any atom is -0.469 e. The minimum atomic E-state index is -3.35. The van der Waals surface area contributed by atoms with E-state index in [2.05, 4.69) is 9.46 Å². The minimum absolute atomic E-state index is 0.0911. The van der Waals surface area contributed by atoms with Crippen molar-refractivity contribution in [3.63, 3.8) is 0 Å². The summed E-state index contributed by atoms with van der Waals surface area (Å²) in [6, 6.07) is 0. The molecule has 0 spiro atoms. The third-order valence-corrected chi connectivity index (χ3v) is 3.38. The molecule has 2 N–H and O–H groups in total. The lowest BCUT2D eigenvalue weighted by molar-refractivity contribution is -0.140. The van der Waals surface area contributed by atoms with Crippen molar-refractivity contribution in [1.29, 1.82) is 0 Å². The van der Waals surface area contributed by atoms with E-state index in [0.717, 1.165) is 0 Å². The summed E-state index contributed by atoms with van der Waals surface area (Å²) in [7, 11) is -2.09. The van der Waals surface area contributed by atoms with Gasteiger partial charge in [0.25, 0.3) is 0 Å². The second kappa shape index (κ2) is 7.59. The van der Waals surface area contributed by atoms with Crippen LogP contribution in [-0.2, 0) is 19.6 Å². The van der Waals surface area contributed by atoms with E-state index in [9.17, 15) is 13.2 Å². The predicted molar refractivity (Wildman–Crippen MR) is 59.3 cm³/mol. The smallest absolute Gasteiger partial charge is 0.305 e. The summed E-state index contributed by atoms with van der Waals surface area (Å²) in [4.78, 5) is 10.7. The first-order chi connectivity index (χ1) is 7.37. The molecule has 0 aliphatic rings. The highest BCUT2D eigenvalue weighted by atomic mass is 32.2. The Morgan fingerprint density at radius 2 is 2.12 bits per heavy atom. The number of nitrogens with one attached hydrogen (secondary N) is 1. The molecule has 0 aromatic carbocycles. The molecule has 0 amide bonds. The first-order valence-electron chi connectivity index (χ1n) is 5.09. The number of methoxy groups -OCH3 is 1. The van der Waals surface area contributed by atoms with Gasteiger partial charge in [-0.1, -0.05) is 0 Å². The van der Waals surface area contributed by atoms with Crippen molar-refractivity contribution in [2.24, 2.45) is 0 Å². The maximum Gasteiger partial charge on any atom is 0.305 e. The van der Waals surface area contributed by atoms with E-state index in [-0.39, 0.29) is 25.1 Å². The Kier molecular flexibility index (Phi) is 7.27. The molecule has 0 rings (SSSR count). The molecule has 6 nitrogen and oxygen atoms in total. The molecule has 1 unspecified atom stereocenters. The van der Waals surface area contributed by atoms with Crippen molar-refractivity contribution in [2.75, 3.05) is 19.4 Å². The Hall–Kier alpha value is -0.660. The van der Waals surface area contributed by atoms with Crippen LogP contribution in [0.25, 0.3) is 0 Å². The fourth-order valence-corrected chi connectivity index (χ4v) is 2.10. The van der Waals surface area contributed by atoms with E-state index in [1.807, 2.05) is 0 Å². The van der Waals surface area contributed by atoms with Crippen molar-refractivity contribution in [2.45, 2.75) is 32.3 Å². The Morgan fingerprint density at radius 1 is 1.50 bits per heavy atom. The van der Waals surface area contributed by atoms with Gasteiger partial charge >= 0.3 is 5.97 Å². The van der Waals surface area contributed by atoms with Gasteiger partial charge in [0.1, 0.15) is 0 Å². The van der Waals surface area contributed by atoms with Crippen molar-refractivity contribution in [3.05, 3.63) is 0 Å². The van der Waals surface area contributed by atoms with Gasteiger partial charge in [-0.15, -0.1) is 0 Å². The molecule has 96 valence electrons. The average molecular weight is 253 g/mol. The van der Waals surface area contributed by atoms with Gasteiger partial charge in [-0.25, -0.2) is 13.1 Å². The van der Waals surface area contributed by atoms with Crippen LogP contribution >= 0.6 is 0 Å². The van der Waals surface area contributed by atoms with Crippen molar-refractivity contribution >= 4 is 16.0 Å². The Balaban J connectivity index is 3.75. The molecule has 0 aromatic rings. The van der Waals surface area contributed by atoms with E-state index in [4.69, 9.17) is 5.11 Å². The number of rotatable bonds is 8. The zero-order chi connectivity index (χ0) is 12.6. The van der Waals surface area contributed by atoms with Crippen LogP contribution in [0.1, 0.15) is 26.2 Å². The van der Waals surface area contributed by atoms with E-state index in [0.29, 0.717) is 6.42 Å².